The Morgan fingerprint density at radius 1 is 1.26 bits per heavy atom. The summed E-state index contributed by atoms with van der Waals surface area (Å²) in [6, 6.07) is 8.13. The van der Waals surface area contributed by atoms with Crippen molar-refractivity contribution in [1.29, 1.82) is 0 Å². The first kappa shape index (κ1) is 18.8. The number of nitrogens with zero attached hydrogens (tertiary/aromatic N) is 3. The number of benzene rings is 2. The minimum absolute atomic E-state index is 0.0690. The van der Waals surface area contributed by atoms with Crippen LogP contribution < -0.4 is 10.1 Å². The molecule has 140 valence electrons. The third-order valence-electron chi connectivity index (χ3n) is 3.93. The van der Waals surface area contributed by atoms with Crippen LogP contribution in [0.1, 0.15) is 21.7 Å². The smallest absolute Gasteiger partial charge is 0.274 e. The number of aromatic nitrogens is 3. The standard InChI is InChI=1S/C18H15ClF2N4O2/c1-10-17(18(26)22-9-11-3-5-13(20)8-14(11)21)23-24-25(10)15-7-12(19)4-6-16(15)27-2/h3-8H,9H2,1-2H3,(H,22,26). The van der Waals surface area contributed by atoms with Crippen LogP contribution >= 0.6 is 11.6 Å². The number of carbonyl (C=O) groups is 1. The molecule has 0 unspecified atom stereocenters. The lowest BCUT2D eigenvalue weighted by Gasteiger charge is -2.10. The molecule has 0 fully saturated rings. The molecule has 2 aromatic carbocycles. The van der Waals surface area contributed by atoms with Gasteiger partial charge in [0.25, 0.3) is 5.91 Å². The minimum atomic E-state index is -0.737. The van der Waals surface area contributed by atoms with E-state index in [0.29, 0.717) is 22.2 Å². The normalized spacial score (nSPS) is 10.7. The molecule has 1 heterocycles. The molecule has 6 nitrogen and oxygen atoms in total. The number of hydrogen-bond acceptors (Lipinski definition) is 4. The fourth-order valence-corrected chi connectivity index (χ4v) is 2.69. The lowest BCUT2D eigenvalue weighted by atomic mass is 10.2. The highest BCUT2D eigenvalue weighted by atomic mass is 35.5. The van der Waals surface area contributed by atoms with Gasteiger partial charge < -0.3 is 10.1 Å². The van der Waals surface area contributed by atoms with Crippen molar-refractivity contribution in [1.82, 2.24) is 20.3 Å². The van der Waals surface area contributed by atoms with E-state index in [1.54, 1.807) is 25.1 Å². The van der Waals surface area contributed by atoms with Crippen LogP contribution in [0.5, 0.6) is 5.75 Å². The van der Waals surface area contributed by atoms with Crippen molar-refractivity contribution in [2.75, 3.05) is 7.11 Å². The van der Waals surface area contributed by atoms with Gasteiger partial charge in [0, 0.05) is 23.2 Å². The number of ether oxygens (including phenoxy) is 1. The molecule has 0 bridgehead atoms. The predicted octanol–water partition coefficient (Wildman–Crippen LogP) is 3.45. The molecule has 27 heavy (non-hydrogen) atoms. The minimum Gasteiger partial charge on any atom is -0.494 e. The number of nitrogens with one attached hydrogen (secondary N) is 1. The molecule has 3 aromatic rings. The molecule has 0 saturated heterocycles. The second kappa shape index (κ2) is 7.71. The largest absolute Gasteiger partial charge is 0.494 e. The lowest BCUT2D eigenvalue weighted by Crippen LogP contribution is -2.24. The van der Waals surface area contributed by atoms with Crippen molar-refractivity contribution >= 4 is 17.5 Å². The molecular formula is C18H15ClF2N4O2. The van der Waals surface area contributed by atoms with Crippen LogP contribution in [0.25, 0.3) is 5.69 Å². The van der Waals surface area contributed by atoms with Crippen LogP contribution in [-0.2, 0) is 6.54 Å². The first-order valence-corrected chi connectivity index (χ1v) is 8.27. The van der Waals surface area contributed by atoms with Gasteiger partial charge in [-0.2, -0.15) is 0 Å². The maximum Gasteiger partial charge on any atom is 0.274 e. The van der Waals surface area contributed by atoms with Crippen LogP contribution in [0, 0.1) is 18.6 Å². The first-order valence-electron chi connectivity index (χ1n) is 7.89. The summed E-state index contributed by atoms with van der Waals surface area (Å²) < 4.78 is 33.3. The average Bonchev–Trinajstić information content (AvgIpc) is 3.02. The summed E-state index contributed by atoms with van der Waals surface area (Å²) in [5.74, 6) is -1.45. The van der Waals surface area contributed by atoms with E-state index in [2.05, 4.69) is 15.6 Å². The Balaban J connectivity index is 1.82. The van der Waals surface area contributed by atoms with E-state index in [9.17, 15) is 13.6 Å². The fourth-order valence-electron chi connectivity index (χ4n) is 2.52. The van der Waals surface area contributed by atoms with Crippen molar-refractivity contribution in [3.05, 3.63) is 70.0 Å². The van der Waals surface area contributed by atoms with E-state index < -0.39 is 17.5 Å². The van der Waals surface area contributed by atoms with Crippen LogP contribution in [-0.4, -0.2) is 28.0 Å². The Labute approximate surface area is 158 Å². The molecule has 1 amide bonds. The van der Waals surface area contributed by atoms with Gasteiger partial charge in [-0.25, -0.2) is 13.5 Å². The third kappa shape index (κ3) is 3.90. The molecule has 3 rings (SSSR count). The fraction of sp³-hybridized carbons (Fsp3) is 0.167. The van der Waals surface area contributed by atoms with Crippen molar-refractivity contribution in [3.63, 3.8) is 0 Å². The Morgan fingerprint density at radius 2 is 2.04 bits per heavy atom. The van der Waals surface area contributed by atoms with E-state index in [1.165, 1.54) is 17.9 Å². The SMILES string of the molecule is COc1ccc(Cl)cc1-n1nnc(C(=O)NCc2ccc(F)cc2F)c1C. The maximum absolute atomic E-state index is 13.7. The lowest BCUT2D eigenvalue weighted by molar-refractivity contribution is 0.0945. The highest BCUT2D eigenvalue weighted by molar-refractivity contribution is 6.30. The Kier molecular flexibility index (Phi) is 5.36. The number of hydrogen-bond donors (Lipinski definition) is 1. The maximum atomic E-state index is 13.7. The van der Waals surface area contributed by atoms with Crippen LogP contribution in [0.3, 0.4) is 0 Å². The molecule has 0 saturated carbocycles. The number of methoxy groups -OCH3 is 1. The van der Waals surface area contributed by atoms with Crippen LogP contribution in [0.2, 0.25) is 5.02 Å². The number of rotatable bonds is 5. The number of halogens is 3. The van der Waals surface area contributed by atoms with E-state index in [-0.39, 0.29) is 17.8 Å². The molecule has 1 N–H and O–H groups in total. The van der Waals surface area contributed by atoms with Gasteiger partial charge in [-0.05, 0) is 31.2 Å². The number of carbonyl (C=O) groups excluding carboxylic acids is 1. The predicted molar refractivity (Wildman–Crippen MR) is 95.2 cm³/mol. The van der Waals surface area contributed by atoms with Gasteiger partial charge in [0.15, 0.2) is 5.69 Å². The van der Waals surface area contributed by atoms with Gasteiger partial charge in [0.1, 0.15) is 23.1 Å². The summed E-state index contributed by atoms with van der Waals surface area (Å²) in [7, 11) is 1.50. The van der Waals surface area contributed by atoms with E-state index in [1.807, 2.05) is 0 Å². The van der Waals surface area contributed by atoms with Gasteiger partial charge in [-0.15, -0.1) is 5.10 Å². The topological polar surface area (TPSA) is 69.0 Å². The zero-order valence-electron chi connectivity index (χ0n) is 14.5. The third-order valence-corrected chi connectivity index (χ3v) is 4.17. The van der Waals surface area contributed by atoms with Gasteiger partial charge in [-0.3, -0.25) is 4.79 Å². The van der Waals surface area contributed by atoms with E-state index >= 15 is 0 Å². The zero-order valence-corrected chi connectivity index (χ0v) is 15.2. The molecule has 0 aliphatic carbocycles. The van der Waals surface area contributed by atoms with E-state index in [0.717, 1.165) is 12.1 Å². The second-order valence-corrected chi connectivity index (χ2v) is 6.11. The Morgan fingerprint density at radius 3 is 2.74 bits per heavy atom. The molecule has 1 aromatic heterocycles. The average molecular weight is 393 g/mol. The second-order valence-electron chi connectivity index (χ2n) is 5.67. The summed E-state index contributed by atoms with van der Waals surface area (Å²) in [5.41, 5.74) is 1.21. The van der Waals surface area contributed by atoms with Gasteiger partial charge in [0.05, 0.1) is 12.8 Å². The highest BCUT2D eigenvalue weighted by Gasteiger charge is 2.19. The summed E-state index contributed by atoms with van der Waals surface area (Å²) in [6.07, 6.45) is 0. The molecule has 0 radical (unpaired) electrons. The molecule has 0 spiro atoms. The molecule has 0 atom stereocenters. The van der Waals surface area contributed by atoms with Crippen molar-refractivity contribution in [3.8, 4) is 11.4 Å². The van der Waals surface area contributed by atoms with Crippen molar-refractivity contribution in [2.24, 2.45) is 0 Å². The Hall–Kier alpha value is -3.00. The highest BCUT2D eigenvalue weighted by Crippen LogP contribution is 2.27. The van der Waals surface area contributed by atoms with Gasteiger partial charge in [0.2, 0.25) is 0 Å². The number of amides is 1. The van der Waals surface area contributed by atoms with Crippen LogP contribution in [0.15, 0.2) is 36.4 Å². The first-order chi connectivity index (χ1) is 12.9. The molecule has 0 aliphatic rings. The summed E-state index contributed by atoms with van der Waals surface area (Å²) >= 11 is 6.03. The zero-order chi connectivity index (χ0) is 19.6. The van der Waals surface area contributed by atoms with E-state index in [4.69, 9.17) is 16.3 Å². The monoisotopic (exact) mass is 392 g/mol. The van der Waals surface area contributed by atoms with Gasteiger partial charge in [-0.1, -0.05) is 22.9 Å². The van der Waals surface area contributed by atoms with Crippen molar-refractivity contribution < 1.29 is 18.3 Å². The summed E-state index contributed by atoms with van der Waals surface area (Å²) in [4.78, 5) is 12.4. The Bertz CT molecular complexity index is 1010. The quantitative estimate of drug-likeness (QED) is 0.722. The van der Waals surface area contributed by atoms with Crippen LogP contribution in [0.4, 0.5) is 8.78 Å². The van der Waals surface area contributed by atoms with Crippen molar-refractivity contribution in [2.45, 2.75) is 13.5 Å². The molecular weight excluding hydrogens is 378 g/mol. The summed E-state index contributed by atoms with van der Waals surface area (Å²) in [6.45, 7) is 1.55. The molecule has 9 heteroatoms. The molecule has 0 aliphatic heterocycles. The summed E-state index contributed by atoms with van der Waals surface area (Å²) in [5, 5.41) is 10.9. The van der Waals surface area contributed by atoms with Gasteiger partial charge >= 0.3 is 0 Å².